The molecule has 2 saturated heterocycles. The molecular weight excluding hydrogens is 616 g/mol. The number of aliphatic hydroxyl groups excluding tert-OH is 1. The van der Waals surface area contributed by atoms with E-state index in [1.54, 1.807) is 38.2 Å². The molecular formula is C37H62N2O9. The maximum Gasteiger partial charge on any atom is 0.309 e. The van der Waals surface area contributed by atoms with Gasteiger partial charge in [-0.1, -0.05) is 51.5 Å². The molecule has 11 nitrogen and oxygen atoms in total. The highest BCUT2D eigenvalue weighted by Crippen LogP contribution is 2.38. The summed E-state index contributed by atoms with van der Waals surface area (Å²) in [4.78, 5) is 27.1. The summed E-state index contributed by atoms with van der Waals surface area (Å²) in [6, 6.07) is -0.315. The number of carbonyl (C=O) groups is 2. The van der Waals surface area contributed by atoms with Gasteiger partial charge in [-0.3, -0.25) is 14.5 Å². The molecule has 0 radical (unpaired) electrons. The first kappa shape index (κ1) is 40.3. The molecule has 3 unspecified atom stereocenters. The van der Waals surface area contributed by atoms with Gasteiger partial charge in [-0.2, -0.15) is 0 Å². The molecule has 3 aliphatic rings. The fourth-order valence-electron chi connectivity index (χ4n) is 6.75. The lowest BCUT2D eigenvalue weighted by Gasteiger charge is -2.32. The largest absolute Gasteiger partial charge is 0.457 e. The number of esters is 2. The first-order valence-corrected chi connectivity index (χ1v) is 17.9. The number of nitrogens with one attached hydrogen (secondary N) is 1. The van der Waals surface area contributed by atoms with Crippen molar-refractivity contribution in [3.63, 3.8) is 0 Å². The molecule has 0 aromatic carbocycles. The normalized spacial score (nSPS) is 34.3. The smallest absolute Gasteiger partial charge is 0.309 e. The van der Waals surface area contributed by atoms with Crippen LogP contribution in [-0.4, -0.2) is 119 Å². The van der Waals surface area contributed by atoms with E-state index in [0.717, 1.165) is 64.2 Å². The van der Waals surface area contributed by atoms with Gasteiger partial charge in [0.15, 0.2) is 0 Å². The fraction of sp³-hybridized carbons (Fsp3) is 0.784. The Morgan fingerprint density at radius 2 is 1.96 bits per heavy atom. The second kappa shape index (κ2) is 18.8. The highest BCUT2D eigenvalue weighted by molar-refractivity contribution is 5.70. The SMILES string of the molecule is CCC[C@@H](C)[C@H]1O[C@@H]1C(NCCCN1CCOCC1)C(C)(O)/C=C/C=C(\C)C1OC(=O)C[C@H](O)CC[C@@](C)(O)[C@@H](OC(C)=O)/C=C/[C@@H]1C. The lowest BCUT2D eigenvalue weighted by molar-refractivity contribution is -0.157. The Morgan fingerprint density at radius 1 is 1.25 bits per heavy atom. The molecule has 0 saturated carbocycles. The first-order chi connectivity index (χ1) is 22.6. The van der Waals surface area contributed by atoms with Gasteiger partial charge in [0.05, 0.1) is 43.5 Å². The molecule has 3 rings (SSSR count). The number of allylic oxidation sites excluding steroid dienone is 2. The standard InChI is InChI=1S/C37H62N2O9/c1-8-11-25(2)33-34(48-33)35(38-18-10-19-39-20-22-45-23-21-39)37(7,44)16-9-12-26(3)32-27(4)13-14-30(46-28(5)40)36(6,43)17-15-29(41)24-31(42)47-32/h9,12-14,16,25,27,29-30,32-35,38,41,43-44H,8,10-11,15,17-24H2,1-7H3/b14-13+,16-9+,26-12+/t25-,27+,29-,30+,32?,33-,34+,35?,36-,37?/m1/s1. The number of hydrogen-bond donors (Lipinski definition) is 4. The molecule has 11 heteroatoms. The lowest BCUT2D eigenvalue weighted by Crippen LogP contribution is -2.52. The van der Waals surface area contributed by atoms with Gasteiger partial charge in [0, 0.05) is 25.9 Å². The third kappa shape index (κ3) is 12.6. The number of hydrogen-bond acceptors (Lipinski definition) is 11. The summed E-state index contributed by atoms with van der Waals surface area (Å²) in [5, 5.41) is 37.0. The molecule has 48 heavy (non-hydrogen) atoms. The first-order valence-electron chi connectivity index (χ1n) is 17.9. The Balaban J connectivity index is 1.77. The molecule has 3 heterocycles. The summed E-state index contributed by atoms with van der Waals surface area (Å²) in [6.45, 7) is 17.8. The lowest BCUT2D eigenvalue weighted by atomic mass is 9.87. The van der Waals surface area contributed by atoms with Crippen LogP contribution in [0.1, 0.15) is 87.0 Å². The highest BCUT2D eigenvalue weighted by atomic mass is 16.6. The van der Waals surface area contributed by atoms with Crippen molar-refractivity contribution in [2.24, 2.45) is 11.8 Å². The van der Waals surface area contributed by atoms with Gasteiger partial charge in [0.1, 0.15) is 23.9 Å². The van der Waals surface area contributed by atoms with Crippen LogP contribution in [0, 0.1) is 11.8 Å². The van der Waals surface area contributed by atoms with Crippen molar-refractivity contribution in [3.8, 4) is 0 Å². The third-order valence-electron chi connectivity index (χ3n) is 9.80. The number of morpholine rings is 1. The van der Waals surface area contributed by atoms with Gasteiger partial charge in [0.2, 0.25) is 0 Å². The number of aliphatic hydroxyl groups is 3. The van der Waals surface area contributed by atoms with Crippen molar-refractivity contribution >= 4 is 11.9 Å². The van der Waals surface area contributed by atoms with Gasteiger partial charge < -0.3 is 39.6 Å². The average molecular weight is 679 g/mol. The Hall–Kier alpha value is -2.12. The fourth-order valence-corrected chi connectivity index (χ4v) is 6.75. The molecule has 3 aliphatic heterocycles. The van der Waals surface area contributed by atoms with Crippen LogP contribution in [-0.2, 0) is 28.5 Å². The maximum absolute atomic E-state index is 12.8. The van der Waals surface area contributed by atoms with Crippen molar-refractivity contribution in [2.75, 3.05) is 39.4 Å². The minimum atomic E-state index is -1.44. The summed E-state index contributed by atoms with van der Waals surface area (Å²) in [5.41, 5.74) is -1.95. The van der Waals surface area contributed by atoms with Crippen LogP contribution in [0.3, 0.4) is 0 Å². The summed E-state index contributed by atoms with van der Waals surface area (Å²) >= 11 is 0. The van der Waals surface area contributed by atoms with E-state index >= 15 is 0 Å². The van der Waals surface area contributed by atoms with Crippen molar-refractivity contribution < 1.29 is 43.9 Å². The van der Waals surface area contributed by atoms with E-state index in [0.29, 0.717) is 5.92 Å². The average Bonchev–Trinajstić information content (AvgIpc) is 3.81. The molecule has 0 aromatic rings. The second-order valence-corrected chi connectivity index (χ2v) is 14.5. The zero-order valence-electron chi connectivity index (χ0n) is 30.2. The van der Waals surface area contributed by atoms with E-state index in [-0.39, 0.29) is 43.4 Å². The van der Waals surface area contributed by atoms with Gasteiger partial charge in [-0.25, -0.2) is 0 Å². The van der Waals surface area contributed by atoms with Crippen molar-refractivity contribution in [2.45, 2.75) is 135 Å². The molecule has 10 atom stereocenters. The minimum Gasteiger partial charge on any atom is -0.457 e. The minimum absolute atomic E-state index is 0.0917. The Morgan fingerprint density at radius 3 is 2.62 bits per heavy atom. The van der Waals surface area contributed by atoms with Gasteiger partial charge in [-0.15, -0.1) is 0 Å². The van der Waals surface area contributed by atoms with Crippen LogP contribution in [0.2, 0.25) is 0 Å². The van der Waals surface area contributed by atoms with E-state index in [2.05, 4.69) is 24.1 Å². The molecule has 0 amide bonds. The topological polar surface area (TPSA) is 150 Å². The number of nitrogens with zero attached hydrogens (tertiary/aromatic N) is 1. The Bertz CT molecular complexity index is 1110. The molecule has 0 bridgehead atoms. The molecule has 0 spiro atoms. The van der Waals surface area contributed by atoms with Crippen LogP contribution < -0.4 is 5.32 Å². The van der Waals surface area contributed by atoms with E-state index < -0.39 is 41.5 Å². The van der Waals surface area contributed by atoms with E-state index in [1.807, 2.05) is 19.9 Å². The summed E-state index contributed by atoms with van der Waals surface area (Å²) in [6.07, 6.45) is 9.20. The third-order valence-corrected chi connectivity index (χ3v) is 9.80. The van der Waals surface area contributed by atoms with Gasteiger partial charge in [0.25, 0.3) is 0 Å². The van der Waals surface area contributed by atoms with Crippen molar-refractivity contribution in [3.05, 3.63) is 36.0 Å². The number of cyclic esters (lactones) is 1. The molecule has 0 aliphatic carbocycles. The van der Waals surface area contributed by atoms with Gasteiger partial charge >= 0.3 is 11.9 Å². The van der Waals surface area contributed by atoms with E-state index in [1.165, 1.54) is 6.92 Å². The predicted octanol–water partition coefficient (Wildman–Crippen LogP) is 3.46. The Labute approximate surface area is 287 Å². The Kier molecular flexibility index (Phi) is 15.8. The van der Waals surface area contributed by atoms with Crippen molar-refractivity contribution in [1.82, 2.24) is 10.2 Å². The zero-order chi connectivity index (χ0) is 35.5. The van der Waals surface area contributed by atoms with Crippen LogP contribution in [0.5, 0.6) is 0 Å². The monoisotopic (exact) mass is 678 g/mol. The number of epoxide rings is 1. The maximum atomic E-state index is 12.8. The van der Waals surface area contributed by atoms with Crippen molar-refractivity contribution in [1.29, 1.82) is 0 Å². The zero-order valence-corrected chi connectivity index (χ0v) is 30.2. The van der Waals surface area contributed by atoms with Gasteiger partial charge in [-0.05, 0) is 77.1 Å². The van der Waals surface area contributed by atoms with Crippen LogP contribution in [0.4, 0.5) is 0 Å². The second-order valence-electron chi connectivity index (χ2n) is 14.5. The predicted molar refractivity (Wildman–Crippen MR) is 184 cm³/mol. The highest BCUT2D eigenvalue weighted by Gasteiger charge is 2.52. The molecule has 274 valence electrons. The van der Waals surface area contributed by atoms with E-state index in [9.17, 15) is 24.9 Å². The quantitative estimate of drug-likeness (QED) is 0.0704. The van der Waals surface area contributed by atoms with Crippen LogP contribution >= 0.6 is 0 Å². The molecule has 2 fully saturated rings. The summed E-state index contributed by atoms with van der Waals surface area (Å²) in [7, 11) is 0. The number of rotatable bonds is 14. The summed E-state index contributed by atoms with van der Waals surface area (Å²) in [5.74, 6) is -1.04. The number of ether oxygens (including phenoxy) is 4. The summed E-state index contributed by atoms with van der Waals surface area (Å²) < 4.78 is 22.9. The number of carbonyl (C=O) groups excluding carboxylic acids is 2. The molecule has 4 N–H and O–H groups in total. The van der Waals surface area contributed by atoms with E-state index in [4.69, 9.17) is 18.9 Å². The van der Waals surface area contributed by atoms with Crippen LogP contribution in [0.15, 0.2) is 36.0 Å². The molecule has 0 aromatic heterocycles. The van der Waals surface area contributed by atoms with Crippen LogP contribution in [0.25, 0.3) is 0 Å².